The molecule has 0 aliphatic rings. The first-order chi connectivity index (χ1) is 9.52. The zero-order valence-electron chi connectivity index (χ0n) is 12.6. The number of hydrogen-bond acceptors (Lipinski definition) is 4. The van der Waals surface area contributed by atoms with Gasteiger partial charge in [-0.05, 0) is 45.2 Å². The Morgan fingerprint density at radius 2 is 2.15 bits per heavy atom. The number of pyridine rings is 1. The monoisotopic (exact) mass is 279 g/mol. The molecule has 0 radical (unpaired) electrons. The van der Waals surface area contributed by atoms with Crippen LogP contribution in [0.5, 0.6) is 0 Å². The molecule has 112 valence electrons. The molecule has 1 rings (SSSR count). The Labute approximate surface area is 120 Å². The molecular weight excluding hydrogens is 254 g/mol. The number of amides is 1. The Hall–Kier alpha value is -1.62. The molecule has 0 aliphatic heterocycles. The van der Waals surface area contributed by atoms with E-state index >= 15 is 0 Å². The van der Waals surface area contributed by atoms with Crippen LogP contribution in [0, 0.1) is 0 Å². The molecule has 0 spiro atoms. The number of nitrogens with zero attached hydrogens (tertiary/aromatic N) is 1. The van der Waals surface area contributed by atoms with E-state index in [9.17, 15) is 4.79 Å². The second kappa shape index (κ2) is 8.53. The van der Waals surface area contributed by atoms with E-state index in [0.29, 0.717) is 17.9 Å². The first kappa shape index (κ1) is 16.4. The predicted molar refractivity (Wildman–Crippen MR) is 80.7 cm³/mol. The molecule has 3 N–H and O–H groups in total. The summed E-state index contributed by atoms with van der Waals surface area (Å²) in [5, 5.41) is 2.89. The smallest absolute Gasteiger partial charge is 0.251 e. The van der Waals surface area contributed by atoms with Crippen molar-refractivity contribution in [3.8, 4) is 0 Å². The van der Waals surface area contributed by atoms with E-state index < -0.39 is 0 Å². The number of aromatic nitrogens is 1. The molecule has 0 fully saturated rings. The van der Waals surface area contributed by atoms with Crippen LogP contribution in [0.2, 0.25) is 0 Å². The Balaban J connectivity index is 2.34. The molecule has 0 bridgehead atoms. The third-order valence-electron chi connectivity index (χ3n) is 2.83. The molecule has 0 atom stereocenters. The molecule has 0 saturated heterocycles. The molecule has 0 unspecified atom stereocenters. The lowest BCUT2D eigenvalue weighted by atomic mass is 10.2. The zero-order valence-corrected chi connectivity index (χ0v) is 12.6. The van der Waals surface area contributed by atoms with E-state index in [1.54, 1.807) is 12.1 Å². The van der Waals surface area contributed by atoms with Crippen LogP contribution in [-0.2, 0) is 11.2 Å². The number of carbonyl (C=O) groups is 1. The van der Waals surface area contributed by atoms with Crippen molar-refractivity contribution >= 4 is 11.7 Å². The number of anilines is 1. The minimum Gasteiger partial charge on any atom is -0.384 e. The highest BCUT2D eigenvalue weighted by atomic mass is 16.5. The van der Waals surface area contributed by atoms with Crippen LogP contribution in [0.1, 0.15) is 49.7 Å². The quantitative estimate of drug-likeness (QED) is 0.715. The molecule has 20 heavy (non-hydrogen) atoms. The fraction of sp³-hybridized carbons (Fsp3) is 0.600. The highest BCUT2D eigenvalue weighted by molar-refractivity contribution is 5.94. The summed E-state index contributed by atoms with van der Waals surface area (Å²) in [6.45, 7) is 7.39. The summed E-state index contributed by atoms with van der Waals surface area (Å²) in [5.41, 5.74) is 7.10. The van der Waals surface area contributed by atoms with Crippen molar-refractivity contribution in [2.45, 2.75) is 46.1 Å². The normalized spacial score (nSPS) is 10.8. The number of hydrogen-bond donors (Lipinski definition) is 2. The van der Waals surface area contributed by atoms with E-state index in [1.807, 2.05) is 20.8 Å². The molecule has 0 saturated carbocycles. The molecule has 1 aromatic heterocycles. The van der Waals surface area contributed by atoms with Gasteiger partial charge in [0.1, 0.15) is 5.82 Å². The van der Waals surface area contributed by atoms with Gasteiger partial charge in [-0.3, -0.25) is 4.79 Å². The van der Waals surface area contributed by atoms with E-state index in [4.69, 9.17) is 10.5 Å². The number of nitrogens with two attached hydrogens (primary N) is 1. The maximum absolute atomic E-state index is 12.0. The molecule has 5 heteroatoms. The van der Waals surface area contributed by atoms with E-state index in [1.165, 1.54) is 0 Å². The average molecular weight is 279 g/mol. The topological polar surface area (TPSA) is 77.2 Å². The summed E-state index contributed by atoms with van der Waals surface area (Å²) in [6, 6.07) is 3.39. The van der Waals surface area contributed by atoms with Gasteiger partial charge in [0, 0.05) is 24.4 Å². The van der Waals surface area contributed by atoms with Gasteiger partial charge in [0.2, 0.25) is 0 Å². The SMILES string of the molecule is CCc1cc(C(=O)NCCCCOC(C)C)cc(N)n1. The van der Waals surface area contributed by atoms with Crippen molar-refractivity contribution in [2.24, 2.45) is 0 Å². The minimum atomic E-state index is -0.0985. The zero-order chi connectivity index (χ0) is 15.0. The lowest BCUT2D eigenvalue weighted by Crippen LogP contribution is -2.25. The van der Waals surface area contributed by atoms with Gasteiger partial charge < -0.3 is 15.8 Å². The number of aryl methyl sites for hydroxylation is 1. The molecular formula is C15H25N3O2. The predicted octanol–water partition coefficient (Wildman–Crippen LogP) is 2.16. The van der Waals surface area contributed by atoms with Crippen molar-refractivity contribution < 1.29 is 9.53 Å². The fourth-order valence-electron chi connectivity index (χ4n) is 1.77. The van der Waals surface area contributed by atoms with Crippen molar-refractivity contribution in [2.75, 3.05) is 18.9 Å². The van der Waals surface area contributed by atoms with Crippen LogP contribution < -0.4 is 11.1 Å². The third-order valence-corrected chi connectivity index (χ3v) is 2.83. The lowest BCUT2D eigenvalue weighted by molar-refractivity contribution is 0.0754. The number of nitrogens with one attached hydrogen (secondary N) is 1. The van der Waals surface area contributed by atoms with Gasteiger partial charge in [0.15, 0.2) is 0 Å². The van der Waals surface area contributed by atoms with Crippen LogP contribution in [0.3, 0.4) is 0 Å². The molecule has 0 aromatic carbocycles. The molecule has 1 amide bonds. The van der Waals surface area contributed by atoms with Gasteiger partial charge in [-0.2, -0.15) is 0 Å². The van der Waals surface area contributed by atoms with Gasteiger partial charge in [-0.25, -0.2) is 4.98 Å². The van der Waals surface area contributed by atoms with Crippen LogP contribution in [-0.4, -0.2) is 30.1 Å². The molecule has 1 heterocycles. The van der Waals surface area contributed by atoms with Gasteiger partial charge in [0.05, 0.1) is 6.10 Å². The Bertz CT molecular complexity index is 433. The van der Waals surface area contributed by atoms with E-state index in [2.05, 4.69) is 10.3 Å². The van der Waals surface area contributed by atoms with E-state index in [-0.39, 0.29) is 12.0 Å². The maximum atomic E-state index is 12.0. The Kier molecular flexibility index (Phi) is 7.01. The van der Waals surface area contributed by atoms with Crippen molar-refractivity contribution in [3.63, 3.8) is 0 Å². The van der Waals surface area contributed by atoms with Gasteiger partial charge in [0.25, 0.3) is 5.91 Å². The first-order valence-electron chi connectivity index (χ1n) is 7.19. The largest absolute Gasteiger partial charge is 0.384 e. The molecule has 1 aromatic rings. The van der Waals surface area contributed by atoms with Crippen LogP contribution >= 0.6 is 0 Å². The van der Waals surface area contributed by atoms with Crippen LogP contribution in [0.15, 0.2) is 12.1 Å². The Morgan fingerprint density at radius 1 is 1.40 bits per heavy atom. The summed E-state index contributed by atoms with van der Waals surface area (Å²) in [6.07, 6.45) is 2.87. The minimum absolute atomic E-state index is 0.0985. The summed E-state index contributed by atoms with van der Waals surface area (Å²) < 4.78 is 5.44. The fourth-order valence-corrected chi connectivity index (χ4v) is 1.77. The number of unbranched alkanes of at least 4 members (excludes halogenated alkanes) is 1. The Morgan fingerprint density at radius 3 is 2.80 bits per heavy atom. The summed E-state index contributed by atoms with van der Waals surface area (Å²) >= 11 is 0. The highest BCUT2D eigenvalue weighted by Crippen LogP contribution is 2.08. The number of ether oxygens (including phenoxy) is 1. The van der Waals surface area contributed by atoms with E-state index in [0.717, 1.165) is 31.6 Å². The summed E-state index contributed by atoms with van der Waals surface area (Å²) in [5.74, 6) is 0.290. The standard InChI is InChI=1S/C15H25N3O2/c1-4-13-9-12(10-14(16)18-13)15(19)17-7-5-6-8-20-11(2)3/h9-11H,4-8H2,1-3H3,(H2,16,18)(H,17,19). The summed E-state index contributed by atoms with van der Waals surface area (Å²) in [7, 11) is 0. The van der Waals surface area contributed by atoms with Crippen molar-refractivity contribution in [1.82, 2.24) is 10.3 Å². The summed E-state index contributed by atoms with van der Waals surface area (Å²) in [4.78, 5) is 16.1. The van der Waals surface area contributed by atoms with Crippen LogP contribution in [0.4, 0.5) is 5.82 Å². The number of nitrogen functional groups attached to an aromatic ring is 1. The third kappa shape index (κ3) is 6.02. The highest BCUT2D eigenvalue weighted by Gasteiger charge is 2.07. The average Bonchev–Trinajstić information content (AvgIpc) is 2.41. The molecule has 0 aliphatic carbocycles. The van der Waals surface area contributed by atoms with Gasteiger partial charge in [-0.15, -0.1) is 0 Å². The second-order valence-electron chi connectivity index (χ2n) is 5.01. The van der Waals surface area contributed by atoms with Gasteiger partial charge in [-0.1, -0.05) is 6.92 Å². The number of carbonyl (C=O) groups excluding carboxylic acids is 1. The lowest BCUT2D eigenvalue weighted by Gasteiger charge is -2.09. The van der Waals surface area contributed by atoms with Gasteiger partial charge >= 0.3 is 0 Å². The maximum Gasteiger partial charge on any atom is 0.251 e. The first-order valence-corrected chi connectivity index (χ1v) is 7.19. The number of rotatable bonds is 8. The van der Waals surface area contributed by atoms with Crippen molar-refractivity contribution in [1.29, 1.82) is 0 Å². The van der Waals surface area contributed by atoms with Crippen LogP contribution in [0.25, 0.3) is 0 Å². The van der Waals surface area contributed by atoms with Crippen molar-refractivity contribution in [3.05, 3.63) is 23.4 Å². The molecule has 5 nitrogen and oxygen atoms in total. The second-order valence-corrected chi connectivity index (χ2v) is 5.01.